The summed E-state index contributed by atoms with van der Waals surface area (Å²) in [5.74, 6) is -0.421. The predicted octanol–water partition coefficient (Wildman–Crippen LogP) is 2.47. The lowest BCUT2D eigenvalue weighted by molar-refractivity contribution is 0.598. The van der Waals surface area contributed by atoms with E-state index in [1.54, 1.807) is 6.07 Å². The number of rotatable bonds is 2. The number of nitriles is 2. The van der Waals surface area contributed by atoms with Crippen LogP contribution in [0.3, 0.4) is 0 Å². The van der Waals surface area contributed by atoms with E-state index in [-0.39, 0.29) is 17.9 Å². The summed E-state index contributed by atoms with van der Waals surface area (Å²) in [6.45, 7) is 0.101. The van der Waals surface area contributed by atoms with Crippen molar-refractivity contribution in [3.8, 4) is 12.1 Å². The Kier molecular flexibility index (Phi) is 3.27. The molecule has 1 aromatic heterocycles. The van der Waals surface area contributed by atoms with Crippen molar-refractivity contribution in [3.63, 3.8) is 0 Å². The number of halogens is 2. The van der Waals surface area contributed by atoms with E-state index in [1.807, 2.05) is 6.07 Å². The summed E-state index contributed by atoms with van der Waals surface area (Å²) in [6.07, 6.45) is 1.33. The number of hydrogen-bond acceptors (Lipinski definition) is 3. The Bertz CT molecular complexity index is 678. The molecule has 0 bridgehead atoms. The summed E-state index contributed by atoms with van der Waals surface area (Å²) in [5.41, 5.74) is 0.470. The van der Waals surface area contributed by atoms with Crippen molar-refractivity contribution in [2.75, 3.05) is 0 Å². The number of imidazole rings is 1. The molecule has 0 atom stereocenters. The number of benzene rings is 1. The SMILES string of the molecule is N#Cc1ncn(Cc2cc(Cl)ccc2F)c1C#N. The van der Waals surface area contributed by atoms with Gasteiger partial charge in [-0.1, -0.05) is 11.6 Å². The summed E-state index contributed by atoms with van der Waals surface area (Å²) in [5, 5.41) is 18.1. The van der Waals surface area contributed by atoms with Crippen LogP contribution in [-0.2, 0) is 6.54 Å². The van der Waals surface area contributed by atoms with Crippen molar-refractivity contribution in [1.29, 1.82) is 10.5 Å². The molecular weight excluding hydrogens is 255 g/mol. The molecule has 0 aliphatic heterocycles. The van der Waals surface area contributed by atoms with E-state index in [2.05, 4.69) is 4.98 Å². The highest BCUT2D eigenvalue weighted by atomic mass is 35.5. The lowest BCUT2D eigenvalue weighted by Crippen LogP contribution is -2.03. The maximum Gasteiger partial charge on any atom is 0.176 e. The van der Waals surface area contributed by atoms with Gasteiger partial charge < -0.3 is 4.57 Å². The molecule has 0 unspecified atom stereocenters. The predicted molar refractivity (Wildman–Crippen MR) is 62.2 cm³/mol. The Morgan fingerprint density at radius 1 is 1.33 bits per heavy atom. The molecule has 6 heteroatoms. The van der Waals surface area contributed by atoms with Gasteiger partial charge in [-0.15, -0.1) is 0 Å². The Balaban J connectivity index is 2.41. The smallest absolute Gasteiger partial charge is 0.176 e. The molecule has 0 saturated carbocycles. The van der Waals surface area contributed by atoms with Crippen molar-refractivity contribution < 1.29 is 4.39 Å². The van der Waals surface area contributed by atoms with Crippen LogP contribution in [0.15, 0.2) is 24.5 Å². The topological polar surface area (TPSA) is 65.4 Å². The fraction of sp³-hybridized carbons (Fsp3) is 0.0833. The van der Waals surface area contributed by atoms with E-state index in [4.69, 9.17) is 22.1 Å². The molecule has 4 nitrogen and oxygen atoms in total. The highest BCUT2D eigenvalue weighted by Gasteiger charge is 2.12. The van der Waals surface area contributed by atoms with Crippen LogP contribution in [0.25, 0.3) is 0 Å². The van der Waals surface area contributed by atoms with Gasteiger partial charge in [-0.2, -0.15) is 10.5 Å². The van der Waals surface area contributed by atoms with Gasteiger partial charge >= 0.3 is 0 Å². The second kappa shape index (κ2) is 4.87. The molecule has 0 amide bonds. The molecule has 18 heavy (non-hydrogen) atoms. The van der Waals surface area contributed by atoms with Crippen LogP contribution in [0.5, 0.6) is 0 Å². The van der Waals surface area contributed by atoms with E-state index >= 15 is 0 Å². The standard InChI is InChI=1S/C12H6ClFN4/c13-9-1-2-10(14)8(3-9)6-18-7-17-11(4-15)12(18)5-16/h1-3,7H,6H2. The number of nitrogens with zero attached hydrogens (tertiary/aromatic N) is 4. The second-order valence-electron chi connectivity index (χ2n) is 3.53. The molecule has 1 heterocycles. The molecule has 2 aromatic rings. The van der Waals surface area contributed by atoms with Crippen LogP contribution in [0.2, 0.25) is 5.02 Å². The summed E-state index contributed by atoms with van der Waals surface area (Å²) < 4.78 is 14.9. The first-order valence-electron chi connectivity index (χ1n) is 4.95. The molecule has 1 aromatic carbocycles. The lowest BCUT2D eigenvalue weighted by atomic mass is 10.2. The van der Waals surface area contributed by atoms with Gasteiger partial charge in [-0.25, -0.2) is 9.37 Å². The van der Waals surface area contributed by atoms with Gasteiger partial charge in [-0.3, -0.25) is 0 Å². The minimum Gasteiger partial charge on any atom is -0.317 e. The van der Waals surface area contributed by atoms with Gasteiger partial charge in [0.25, 0.3) is 0 Å². The van der Waals surface area contributed by atoms with E-state index < -0.39 is 5.82 Å². The van der Waals surface area contributed by atoms with Crippen molar-refractivity contribution in [3.05, 3.63) is 52.3 Å². The van der Waals surface area contributed by atoms with Crippen LogP contribution in [0.4, 0.5) is 4.39 Å². The fourth-order valence-corrected chi connectivity index (χ4v) is 1.74. The highest BCUT2D eigenvalue weighted by molar-refractivity contribution is 6.30. The third kappa shape index (κ3) is 2.17. The molecule has 0 fully saturated rings. The zero-order valence-electron chi connectivity index (χ0n) is 9.06. The first-order chi connectivity index (χ1) is 8.65. The van der Waals surface area contributed by atoms with Gasteiger partial charge in [0.2, 0.25) is 0 Å². The summed E-state index contributed by atoms with van der Waals surface area (Å²) in [7, 11) is 0. The van der Waals surface area contributed by atoms with Crippen molar-refractivity contribution in [1.82, 2.24) is 9.55 Å². The third-order valence-electron chi connectivity index (χ3n) is 2.40. The maximum atomic E-state index is 13.5. The molecule has 0 aliphatic carbocycles. The average Bonchev–Trinajstić information content (AvgIpc) is 2.75. The molecular formula is C12H6ClFN4. The van der Waals surface area contributed by atoms with Gasteiger partial charge in [0, 0.05) is 10.6 Å². The minimum atomic E-state index is -0.421. The summed E-state index contributed by atoms with van der Waals surface area (Å²) >= 11 is 5.78. The van der Waals surface area contributed by atoms with E-state index in [0.29, 0.717) is 10.6 Å². The van der Waals surface area contributed by atoms with E-state index in [1.165, 1.54) is 29.1 Å². The maximum absolute atomic E-state index is 13.5. The molecule has 0 aliphatic rings. The molecule has 0 saturated heterocycles. The number of aromatic nitrogens is 2. The quantitative estimate of drug-likeness (QED) is 0.833. The van der Waals surface area contributed by atoms with Crippen LogP contribution >= 0.6 is 11.6 Å². The zero-order valence-corrected chi connectivity index (χ0v) is 9.82. The van der Waals surface area contributed by atoms with Gasteiger partial charge in [0.05, 0.1) is 12.9 Å². The largest absolute Gasteiger partial charge is 0.317 e. The van der Waals surface area contributed by atoms with Gasteiger partial charge in [0.1, 0.15) is 18.0 Å². The highest BCUT2D eigenvalue weighted by Crippen LogP contribution is 2.17. The van der Waals surface area contributed by atoms with E-state index in [9.17, 15) is 4.39 Å². The summed E-state index contributed by atoms with van der Waals surface area (Å²) in [4.78, 5) is 3.78. The molecule has 88 valence electrons. The molecule has 0 N–H and O–H groups in total. The van der Waals surface area contributed by atoms with Gasteiger partial charge in [0.15, 0.2) is 11.4 Å². The van der Waals surface area contributed by atoms with Crippen molar-refractivity contribution in [2.24, 2.45) is 0 Å². The normalized spacial score (nSPS) is 9.78. The zero-order chi connectivity index (χ0) is 13.1. The molecule has 0 spiro atoms. The second-order valence-corrected chi connectivity index (χ2v) is 3.97. The van der Waals surface area contributed by atoms with Crippen LogP contribution in [-0.4, -0.2) is 9.55 Å². The Morgan fingerprint density at radius 3 is 2.78 bits per heavy atom. The first-order valence-corrected chi connectivity index (χ1v) is 5.32. The minimum absolute atomic E-state index is 0.0277. The lowest BCUT2D eigenvalue weighted by Gasteiger charge is -2.05. The number of hydrogen-bond donors (Lipinski definition) is 0. The Morgan fingerprint density at radius 2 is 2.11 bits per heavy atom. The molecule has 2 rings (SSSR count). The fourth-order valence-electron chi connectivity index (χ4n) is 1.55. The third-order valence-corrected chi connectivity index (χ3v) is 2.63. The van der Waals surface area contributed by atoms with Crippen LogP contribution < -0.4 is 0 Å². The summed E-state index contributed by atoms with van der Waals surface area (Å²) in [6, 6.07) is 7.85. The van der Waals surface area contributed by atoms with Crippen molar-refractivity contribution in [2.45, 2.75) is 6.54 Å². The molecule has 0 radical (unpaired) electrons. The monoisotopic (exact) mass is 260 g/mol. The average molecular weight is 261 g/mol. The van der Waals surface area contributed by atoms with Crippen LogP contribution in [0.1, 0.15) is 17.0 Å². The first kappa shape index (κ1) is 12.1. The Labute approximate surface area is 107 Å². The van der Waals surface area contributed by atoms with Crippen molar-refractivity contribution >= 4 is 11.6 Å². The van der Waals surface area contributed by atoms with E-state index in [0.717, 1.165) is 0 Å². The van der Waals surface area contributed by atoms with Gasteiger partial charge in [-0.05, 0) is 18.2 Å². The Hall–Kier alpha value is -2.37. The van der Waals surface area contributed by atoms with Crippen LogP contribution in [0, 0.1) is 28.5 Å².